The first kappa shape index (κ1) is 7.10. The van der Waals surface area contributed by atoms with Crippen LogP contribution in [0.4, 0.5) is 0 Å². The van der Waals surface area contributed by atoms with Gasteiger partial charge in [0.2, 0.25) is 0 Å². The Morgan fingerprint density at radius 3 is 2.58 bits per heavy atom. The second-order valence-corrected chi connectivity index (χ2v) is 2.68. The van der Waals surface area contributed by atoms with Crippen molar-refractivity contribution in [2.45, 2.75) is 0 Å². The van der Waals surface area contributed by atoms with E-state index in [0.717, 1.165) is 16.8 Å². The number of hydrogen-bond donors (Lipinski definition) is 0. The maximum atomic E-state index is 4.91. The van der Waals surface area contributed by atoms with Gasteiger partial charge in [0, 0.05) is 11.1 Å². The van der Waals surface area contributed by atoms with E-state index in [-0.39, 0.29) is 0 Å². The van der Waals surface area contributed by atoms with E-state index in [0.29, 0.717) is 6.61 Å². The van der Waals surface area contributed by atoms with Crippen molar-refractivity contribution in [1.29, 1.82) is 0 Å². The SMILES string of the molecule is C=C1CON=C1c1ccccc1. The largest absolute Gasteiger partial charge is 0.390 e. The van der Waals surface area contributed by atoms with Gasteiger partial charge in [-0.2, -0.15) is 0 Å². The first-order valence-electron chi connectivity index (χ1n) is 3.81. The van der Waals surface area contributed by atoms with Crippen LogP contribution in [0.25, 0.3) is 0 Å². The summed E-state index contributed by atoms with van der Waals surface area (Å²) in [5.41, 5.74) is 2.89. The fourth-order valence-electron chi connectivity index (χ4n) is 1.16. The average Bonchev–Trinajstić information content (AvgIpc) is 2.53. The Morgan fingerprint density at radius 2 is 2.00 bits per heavy atom. The van der Waals surface area contributed by atoms with Gasteiger partial charge in [-0.25, -0.2) is 0 Å². The van der Waals surface area contributed by atoms with Crippen LogP contribution >= 0.6 is 0 Å². The van der Waals surface area contributed by atoms with E-state index < -0.39 is 0 Å². The summed E-state index contributed by atoms with van der Waals surface area (Å²) in [5, 5.41) is 3.90. The minimum absolute atomic E-state index is 0.518. The summed E-state index contributed by atoms with van der Waals surface area (Å²) in [4.78, 5) is 4.91. The standard InChI is InChI=1S/C10H9NO/c1-8-7-12-11-10(8)9-5-3-2-4-6-9/h2-6H,1,7H2. The summed E-state index contributed by atoms with van der Waals surface area (Å²) in [7, 11) is 0. The molecule has 2 nitrogen and oxygen atoms in total. The molecule has 0 saturated heterocycles. The van der Waals surface area contributed by atoms with Crippen molar-refractivity contribution in [1.82, 2.24) is 0 Å². The highest BCUT2D eigenvalue weighted by Crippen LogP contribution is 2.13. The second-order valence-electron chi connectivity index (χ2n) is 2.68. The third-order valence-electron chi connectivity index (χ3n) is 1.78. The predicted molar refractivity (Wildman–Crippen MR) is 48.1 cm³/mol. The maximum Gasteiger partial charge on any atom is 0.144 e. The zero-order valence-electron chi connectivity index (χ0n) is 6.66. The highest BCUT2D eigenvalue weighted by Gasteiger charge is 2.14. The Balaban J connectivity index is 2.38. The monoisotopic (exact) mass is 159 g/mol. The number of hydrogen-bond acceptors (Lipinski definition) is 2. The molecule has 1 aliphatic rings. The Morgan fingerprint density at radius 1 is 1.25 bits per heavy atom. The van der Waals surface area contributed by atoms with Crippen molar-refractivity contribution >= 4 is 5.71 Å². The van der Waals surface area contributed by atoms with Crippen LogP contribution in [0, 0.1) is 0 Å². The topological polar surface area (TPSA) is 21.6 Å². The number of benzene rings is 1. The zero-order chi connectivity index (χ0) is 8.39. The maximum absolute atomic E-state index is 4.91. The minimum Gasteiger partial charge on any atom is -0.390 e. The summed E-state index contributed by atoms with van der Waals surface area (Å²) in [6.07, 6.45) is 0. The highest BCUT2D eigenvalue weighted by molar-refractivity contribution is 6.12. The molecule has 0 saturated carbocycles. The second kappa shape index (κ2) is 2.81. The smallest absolute Gasteiger partial charge is 0.144 e. The lowest BCUT2D eigenvalue weighted by Gasteiger charge is -1.97. The molecule has 0 fully saturated rings. The van der Waals surface area contributed by atoms with Crippen LogP contribution in [0.1, 0.15) is 5.56 Å². The van der Waals surface area contributed by atoms with Gasteiger partial charge in [0.05, 0.1) is 0 Å². The first-order chi connectivity index (χ1) is 5.88. The van der Waals surface area contributed by atoms with Crippen LogP contribution in [-0.2, 0) is 4.84 Å². The fourth-order valence-corrected chi connectivity index (χ4v) is 1.16. The van der Waals surface area contributed by atoms with Crippen LogP contribution in [0.3, 0.4) is 0 Å². The number of nitrogens with zero attached hydrogens (tertiary/aromatic N) is 1. The van der Waals surface area contributed by atoms with Gasteiger partial charge >= 0.3 is 0 Å². The molecular weight excluding hydrogens is 150 g/mol. The van der Waals surface area contributed by atoms with Gasteiger partial charge in [0.1, 0.15) is 12.3 Å². The van der Waals surface area contributed by atoms with E-state index in [1.54, 1.807) is 0 Å². The molecule has 0 radical (unpaired) electrons. The molecule has 0 spiro atoms. The zero-order valence-corrected chi connectivity index (χ0v) is 6.66. The van der Waals surface area contributed by atoms with Gasteiger partial charge in [-0.3, -0.25) is 0 Å². The summed E-state index contributed by atoms with van der Waals surface area (Å²) in [5.74, 6) is 0. The van der Waals surface area contributed by atoms with Crippen molar-refractivity contribution < 1.29 is 4.84 Å². The van der Waals surface area contributed by atoms with Gasteiger partial charge in [-0.1, -0.05) is 42.1 Å². The van der Waals surface area contributed by atoms with Crippen molar-refractivity contribution in [3.05, 3.63) is 48.0 Å². The molecule has 60 valence electrons. The van der Waals surface area contributed by atoms with Crippen molar-refractivity contribution in [2.24, 2.45) is 5.16 Å². The molecule has 0 N–H and O–H groups in total. The van der Waals surface area contributed by atoms with Crippen LogP contribution in [0.15, 0.2) is 47.6 Å². The normalized spacial score (nSPS) is 15.7. The van der Waals surface area contributed by atoms with Gasteiger partial charge in [0.25, 0.3) is 0 Å². The number of rotatable bonds is 1. The van der Waals surface area contributed by atoms with Crippen LogP contribution in [0.5, 0.6) is 0 Å². The Kier molecular flexibility index (Phi) is 1.67. The van der Waals surface area contributed by atoms with E-state index >= 15 is 0 Å². The van der Waals surface area contributed by atoms with Gasteiger partial charge in [-0.15, -0.1) is 0 Å². The van der Waals surface area contributed by atoms with Crippen molar-refractivity contribution in [3.63, 3.8) is 0 Å². The fraction of sp³-hybridized carbons (Fsp3) is 0.100. The Labute approximate surface area is 71.2 Å². The van der Waals surface area contributed by atoms with Crippen LogP contribution in [-0.4, -0.2) is 12.3 Å². The van der Waals surface area contributed by atoms with Gasteiger partial charge < -0.3 is 4.84 Å². The summed E-state index contributed by atoms with van der Waals surface area (Å²) in [6, 6.07) is 9.92. The quantitative estimate of drug-likeness (QED) is 0.614. The molecule has 1 aromatic carbocycles. The highest BCUT2D eigenvalue weighted by atomic mass is 16.6. The molecule has 0 atom stereocenters. The molecule has 0 aliphatic carbocycles. The molecule has 2 rings (SSSR count). The van der Waals surface area contributed by atoms with Crippen molar-refractivity contribution in [3.8, 4) is 0 Å². The lowest BCUT2D eigenvalue weighted by molar-refractivity contribution is 0.187. The predicted octanol–water partition coefficient (Wildman–Crippen LogP) is 1.98. The van der Waals surface area contributed by atoms with E-state index in [9.17, 15) is 0 Å². The third-order valence-corrected chi connectivity index (χ3v) is 1.78. The van der Waals surface area contributed by atoms with Crippen LogP contribution < -0.4 is 0 Å². The molecule has 0 bridgehead atoms. The van der Waals surface area contributed by atoms with E-state index in [4.69, 9.17) is 4.84 Å². The summed E-state index contributed by atoms with van der Waals surface area (Å²) in [6.45, 7) is 4.37. The molecule has 0 aromatic heterocycles. The van der Waals surface area contributed by atoms with E-state index in [1.165, 1.54) is 0 Å². The number of oxime groups is 1. The lowest BCUT2D eigenvalue weighted by Crippen LogP contribution is -1.99. The van der Waals surface area contributed by atoms with E-state index in [1.807, 2.05) is 30.3 Å². The minimum atomic E-state index is 0.518. The molecular formula is C10H9NO. The first-order valence-corrected chi connectivity index (χ1v) is 3.81. The lowest BCUT2D eigenvalue weighted by atomic mass is 10.1. The summed E-state index contributed by atoms with van der Waals surface area (Å²) >= 11 is 0. The molecule has 0 amide bonds. The molecule has 1 aliphatic heterocycles. The molecule has 0 unspecified atom stereocenters. The molecule has 1 aromatic rings. The summed E-state index contributed by atoms with van der Waals surface area (Å²) < 4.78 is 0. The van der Waals surface area contributed by atoms with Gasteiger partial charge in [-0.05, 0) is 0 Å². The molecule has 2 heteroatoms. The third kappa shape index (κ3) is 1.11. The molecule has 1 heterocycles. The Hall–Kier alpha value is -1.57. The average molecular weight is 159 g/mol. The van der Waals surface area contributed by atoms with Gasteiger partial charge in [0.15, 0.2) is 0 Å². The van der Waals surface area contributed by atoms with E-state index in [2.05, 4.69) is 11.7 Å². The Bertz CT molecular complexity index is 327. The van der Waals surface area contributed by atoms with Crippen molar-refractivity contribution in [2.75, 3.05) is 6.61 Å². The molecule has 12 heavy (non-hydrogen) atoms. The van der Waals surface area contributed by atoms with Crippen LogP contribution in [0.2, 0.25) is 0 Å².